The topological polar surface area (TPSA) is 32.3 Å². The Morgan fingerprint density at radius 2 is 1.55 bits per heavy atom. The number of hydrogen-bond donors (Lipinski definition) is 1. The zero-order valence-electron chi connectivity index (χ0n) is 18.9. The lowest BCUT2D eigenvalue weighted by molar-refractivity contribution is 0.0943. The molecule has 1 atom stereocenters. The summed E-state index contributed by atoms with van der Waals surface area (Å²) in [5, 5.41) is 3.26. The molecule has 4 aromatic carbocycles. The number of carbonyl (C=O) groups is 1. The Bertz CT molecular complexity index is 1250. The molecule has 3 heteroatoms. The first kappa shape index (κ1) is 21.0. The van der Waals surface area contributed by atoms with Crippen LogP contribution in [0.1, 0.15) is 44.2 Å². The SMILES string of the molecule is Cc1ccccc1[C@@H](NC(=O)c1ccc(CN2CCc3ccccc32)cc1)c1ccccc1. The van der Waals surface area contributed by atoms with Gasteiger partial charge in [-0.15, -0.1) is 0 Å². The van der Waals surface area contributed by atoms with Crippen LogP contribution in [0.2, 0.25) is 0 Å². The number of nitrogens with zero attached hydrogens (tertiary/aromatic N) is 1. The number of fused-ring (bicyclic) bond motifs is 1. The lowest BCUT2D eigenvalue weighted by Gasteiger charge is -2.22. The summed E-state index contributed by atoms with van der Waals surface area (Å²) in [7, 11) is 0. The Morgan fingerprint density at radius 3 is 2.33 bits per heavy atom. The van der Waals surface area contributed by atoms with Gasteiger partial charge in [0.25, 0.3) is 5.91 Å². The van der Waals surface area contributed by atoms with Gasteiger partial charge in [0, 0.05) is 24.3 Å². The molecule has 0 saturated carbocycles. The molecule has 0 bridgehead atoms. The molecule has 0 unspecified atom stereocenters. The highest BCUT2D eigenvalue weighted by Gasteiger charge is 2.20. The molecule has 0 fully saturated rings. The first-order valence-corrected chi connectivity index (χ1v) is 11.5. The Morgan fingerprint density at radius 1 is 0.848 bits per heavy atom. The monoisotopic (exact) mass is 432 g/mol. The van der Waals surface area contributed by atoms with Crippen molar-refractivity contribution in [3.05, 3.63) is 137 Å². The summed E-state index contributed by atoms with van der Waals surface area (Å²) < 4.78 is 0. The van der Waals surface area contributed by atoms with E-state index >= 15 is 0 Å². The van der Waals surface area contributed by atoms with E-state index in [1.807, 2.05) is 42.5 Å². The van der Waals surface area contributed by atoms with Crippen molar-refractivity contribution >= 4 is 11.6 Å². The van der Waals surface area contributed by atoms with E-state index in [1.165, 1.54) is 16.8 Å². The summed E-state index contributed by atoms with van der Waals surface area (Å²) in [6, 6.07) is 34.8. The molecule has 1 aliphatic rings. The molecule has 1 amide bonds. The van der Waals surface area contributed by atoms with Crippen molar-refractivity contribution in [2.75, 3.05) is 11.4 Å². The van der Waals surface area contributed by atoms with Gasteiger partial charge in [0.15, 0.2) is 0 Å². The van der Waals surface area contributed by atoms with E-state index in [9.17, 15) is 4.79 Å². The highest BCUT2D eigenvalue weighted by molar-refractivity contribution is 5.94. The molecule has 0 radical (unpaired) electrons. The summed E-state index contributed by atoms with van der Waals surface area (Å²) in [5.74, 6) is -0.0647. The van der Waals surface area contributed by atoms with Gasteiger partial charge < -0.3 is 10.2 Å². The number of nitrogens with one attached hydrogen (secondary N) is 1. The summed E-state index contributed by atoms with van der Waals surface area (Å²) in [4.78, 5) is 15.6. The van der Waals surface area contributed by atoms with Gasteiger partial charge in [0.2, 0.25) is 0 Å². The van der Waals surface area contributed by atoms with Crippen LogP contribution in [0.25, 0.3) is 0 Å². The molecule has 0 aliphatic carbocycles. The van der Waals surface area contributed by atoms with E-state index in [-0.39, 0.29) is 11.9 Å². The van der Waals surface area contributed by atoms with Crippen LogP contribution in [-0.4, -0.2) is 12.5 Å². The third-order valence-corrected chi connectivity index (χ3v) is 6.48. The zero-order valence-corrected chi connectivity index (χ0v) is 18.9. The quantitative estimate of drug-likeness (QED) is 0.401. The number of rotatable bonds is 6. The van der Waals surface area contributed by atoms with Crippen molar-refractivity contribution in [1.29, 1.82) is 0 Å². The summed E-state index contributed by atoms with van der Waals surface area (Å²) in [6.07, 6.45) is 1.09. The maximum Gasteiger partial charge on any atom is 0.252 e. The van der Waals surface area contributed by atoms with Crippen molar-refractivity contribution in [2.45, 2.75) is 25.9 Å². The molecular weight excluding hydrogens is 404 g/mol. The predicted molar refractivity (Wildman–Crippen MR) is 135 cm³/mol. The average molecular weight is 433 g/mol. The highest BCUT2D eigenvalue weighted by Crippen LogP contribution is 2.29. The molecule has 1 heterocycles. The predicted octanol–water partition coefficient (Wildman–Crippen LogP) is 6.08. The molecule has 0 spiro atoms. The fourth-order valence-electron chi connectivity index (χ4n) is 4.66. The van der Waals surface area contributed by atoms with Crippen molar-refractivity contribution < 1.29 is 4.79 Å². The van der Waals surface area contributed by atoms with Gasteiger partial charge in [-0.05, 0) is 59.4 Å². The molecule has 4 aromatic rings. The fraction of sp³-hybridized carbons (Fsp3) is 0.167. The number of hydrogen-bond acceptors (Lipinski definition) is 2. The largest absolute Gasteiger partial charge is 0.367 e. The number of carbonyl (C=O) groups excluding carboxylic acids is 1. The van der Waals surface area contributed by atoms with Crippen LogP contribution in [0.3, 0.4) is 0 Å². The van der Waals surface area contributed by atoms with Crippen molar-refractivity contribution in [3.8, 4) is 0 Å². The second-order valence-electron chi connectivity index (χ2n) is 8.67. The Balaban J connectivity index is 1.33. The first-order chi connectivity index (χ1) is 16.2. The van der Waals surface area contributed by atoms with Crippen molar-refractivity contribution in [1.82, 2.24) is 5.32 Å². The molecule has 33 heavy (non-hydrogen) atoms. The molecule has 0 saturated heterocycles. The van der Waals surface area contributed by atoms with Crippen molar-refractivity contribution in [2.24, 2.45) is 0 Å². The van der Waals surface area contributed by atoms with Gasteiger partial charge in [-0.2, -0.15) is 0 Å². The maximum atomic E-state index is 13.2. The highest BCUT2D eigenvalue weighted by atomic mass is 16.1. The molecule has 3 nitrogen and oxygen atoms in total. The molecule has 5 rings (SSSR count). The lowest BCUT2D eigenvalue weighted by atomic mass is 9.94. The van der Waals surface area contributed by atoms with Gasteiger partial charge in [-0.3, -0.25) is 4.79 Å². The molecular formula is C30H28N2O. The minimum absolute atomic E-state index is 0.0647. The second kappa shape index (κ2) is 9.33. The van der Waals surface area contributed by atoms with Crippen LogP contribution in [0.15, 0.2) is 103 Å². The number of benzene rings is 4. The maximum absolute atomic E-state index is 13.2. The zero-order chi connectivity index (χ0) is 22.6. The summed E-state index contributed by atoms with van der Waals surface area (Å²) >= 11 is 0. The minimum atomic E-state index is -0.194. The Labute approximate surface area is 195 Å². The fourth-order valence-corrected chi connectivity index (χ4v) is 4.66. The van der Waals surface area contributed by atoms with Crippen LogP contribution >= 0.6 is 0 Å². The summed E-state index contributed by atoms with van der Waals surface area (Å²) in [5.41, 5.74) is 7.97. The van der Waals surface area contributed by atoms with Gasteiger partial charge in [0.05, 0.1) is 6.04 Å². The standard InChI is InChI=1S/C30H28N2O/c1-22-9-5-7-13-27(22)29(25-11-3-2-4-12-25)31-30(33)26-17-15-23(16-18-26)21-32-20-19-24-10-6-8-14-28(24)32/h2-18,29H,19-21H2,1H3,(H,31,33)/t29-/m0/s1. The van der Waals surface area contributed by atoms with Crippen LogP contribution in [0.5, 0.6) is 0 Å². The van der Waals surface area contributed by atoms with Crippen LogP contribution in [0.4, 0.5) is 5.69 Å². The van der Waals surface area contributed by atoms with Gasteiger partial charge in [-0.25, -0.2) is 0 Å². The minimum Gasteiger partial charge on any atom is -0.367 e. The van der Waals surface area contributed by atoms with E-state index in [0.29, 0.717) is 5.56 Å². The third-order valence-electron chi connectivity index (χ3n) is 6.48. The molecule has 164 valence electrons. The molecule has 1 N–H and O–H groups in total. The van der Waals surface area contributed by atoms with Crippen LogP contribution in [0, 0.1) is 6.92 Å². The van der Waals surface area contributed by atoms with Gasteiger partial charge in [0.1, 0.15) is 0 Å². The van der Waals surface area contributed by atoms with Crippen molar-refractivity contribution in [3.63, 3.8) is 0 Å². The lowest BCUT2D eigenvalue weighted by Crippen LogP contribution is -2.29. The first-order valence-electron chi connectivity index (χ1n) is 11.5. The number of anilines is 1. The van der Waals surface area contributed by atoms with E-state index in [0.717, 1.165) is 36.2 Å². The van der Waals surface area contributed by atoms with Gasteiger partial charge >= 0.3 is 0 Å². The smallest absolute Gasteiger partial charge is 0.252 e. The number of para-hydroxylation sites is 1. The van der Waals surface area contributed by atoms with E-state index in [1.54, 1.807) is 0 Å². The normalized spacial score (nSPS) is 13.4. The van der Waals surface area contributed by atoms with E-state index in [4.69, 9.17) is 0 Å². The molecule has 1 aliphatic heterocycles. The second-order valence-corrected chi connectivity index (χ2v) is 8.67. The van der Waals surface area contributed by atoms with E-state index in [2.05, 4.69) is 77.8 Å². The number of amides is 1. The van der Waals surface area contributed by atoms with Crippen LogP contribution in [-0.2, 0) is 13.0 Å². The molecule has 0 aromatic heterocycles. The number of aryl methyl sites for hydroxylation is 1. The van der Waals surface area contributed by atoms with Crippen LogP contribution < -0.4 is 10.2 Å². The Hall–Kier alpha value is -3.85. The Kier molecular flexibility index (Phi) is 5.95. The van der Waals surface area contributed by atoms with Gasteiger partial charge in [-0.1, -0.05) is 84.9 Å². The third kappa shape index (κ3) is 4.54. The van der Waals surface area contributed by atoms with E-state index < -0.39 is 0 Å². The average Bonchev–Trinajstić information content (AvgIpc) is 3.27. The summed E-state index contributed by atoms with van der Waals surface area (Å²) in [6.45, 7) is 3.98.